The van der Waals surface area contributed by atoms with Gasteiger partial charge in [0.1, 0.15) is 0 Å². The molecule has 0 saturated heterocycles. The first-order chi connectivity index (χ1) is 9.78. The van der Waals surface area contributed by atoms with E-state index >= 15 is 0 Å². The van der Waals surface area contributed by atoms with Crippen LogP contribution in [0, 0.1) is 3.57 Å². The number of nitrogens with one attached hydrogen (secondary N) is 1. The minimum atomic E-state index is 0.346. The molecule has 3 N–H and O–H groups in total. The summed E-state index contributed by atoms with van der Waals surface area (Å²) in [7, 11) is 0. The van der Waals surface area contributed by atoms with Crippen molar-refractivity contribution in [2.45, 2.75) is 31.7 Å². The Bertz CT molecular complexity index is 496. The average molecular weight is 380 g/mol. The summed E-state index contributed by atoms with van der Waals surface area (Å²) >= 11 is 2.33. The Balaban J connectivity index is 1.79. The Morgan fingerprint density at radius 3 is 2.30 bits per heavy atom. The van der Waals surface area contributed by atoms with Crippen molar-refractivity contribution >= 4 is 22.6 Å². The molecular weight excluding hydrogens is 359 g/mol. The molecule has 1 unspecified atom stereocenters. The molecule has 0 heterocycles. The summed E-state index contributed by atoms with van der Waals surface area (Å²) < 4.78 is 1.27. The van der Waals surface area contributed by atoms with Gasteiger partial charge in [0.2, 0.25) is 0 Å². The molecule has 0 aliphatic heterocycles. The molecule has 0 fully saturated rings. The van der Waals surface area contributed by atoms with E-state index in [1.54, 1.807) is 0 Å². The second-order valence-electron chi connectivity index (χ2n) is 5.07. The van der Waals surface area contributed by atoms with Crippen LogP contribution in [0.4, 0.5) is 0 Å². The molecule has 0 radical (unpaired) electrons. The van der Waals surface area contributed by atoms with Gasteiger partial charge in [-0.05, 0) is 71.5 Å². The van der Waals surface area contributed by atoms with Gasteiger partial charge in [-0.15, -0.1) is 0 Å². The molecule has 3 heteroatoms. The molecule has 2 rings (SSSR count). The van der Waals surface area contributed by atoms with Crippen molar-refractivity contribution in [3.05, 3.63) is 69.3 Å². The van der Waals surface area contributed by atoms with E-state index in [1.807, 2.05) is 0 Å². The molecule has 2 aromatic carbocycles. The average Bonchev–Trinajstić information content (AvgIpc) is 2.49. The predicted molar refractivity (Wildman–Crippen MR) is 93.4 cm³/mol. The van der Waals surface area contributed by atoms with Crippen LogP contribution in [0.15, 0.2) is 54.6 Å². The zero-order valence-electron chi connectivity index (χ0n) is 11.6. The van der Waals surface area contributed by atoms with Crippen LogP contribution in [0.3, 0.4) is 0 Å². The summed E-state index contributed by atoms with van der Waals surface area (Å²) in [5, 5.41) is 0. The van der Waals surface area contributed by atoms with Crippen LogP contribution in [0.2, 0.25) is 0 Å². The van der Waals surface area contributed by atoms with Crippen LogP contribution in [0.1, 0.15) is 24.0 Å². The number of benzene rings is 2. The molecule has 0 bridgehead atoms. The van der Waals surface area contributed by atoms with Crippen LogP contribution in [-0.2, 0) is 12.8 Å². The van der Waals surface area contributed by atoms with Crippen molar-refractivity contribution in [3.63, 3.8) is 0 Å². The summed E-state index contributed by atoms with van der Waals surface area (Å²) in [6.45, 7) is 0. The van der Waals surface area contributed by atoms with Crippen LogP contribution in [-0.4, -0.2) is 6.04 Å². The third-order valence-corrected chi connectivity index (χ3v) is 4.21. The number of hydrazine groups is 1. The lowest BCUT2D eigenvalue weighted by molar-refractivity contribution is 0.476. The third-order valence-electron chi connectivity index (χ3n) is 3.49. The fraction of sp³-hybridized carbons (Fsp3) is 0.294. The Kier molecular flexibility index (Phi) is 6.50. The van der Waals surface area contributed by atoms with Crippen molar-refractivity contribution in [1.82, 2.24) is 5.43 Å². The summed E-state index contributed by atoms with van der Waals surface area (Å²) in [6.07, 6.45) is 4.36. The normalized spacial score (nSPS) is 12.3. The molecule has 1 atom stereocenters. The monoisotopic (exact) mass is 380 g/mol. The van der Waals surface area contributed by atoms with Gasteiger partial charge in [-0.3, -0.25) is 11.3 Å². The van der Waals surface area contributed by atoms with Crippen molar-refractivity contribution in [2.75, 3.05) is 0 Å². The number of aryl methyl sites for hydroxylation is 1. The van der Waals surface area contributed by atoms with E-state index in [0.717, 1.165) is 25.7 Å². The molecule has 20 heavy (non-hydrogen) atoms. The lowest BCUT2D eigenvalue weighted by Crippen LogP contribution is -2.36. The molecule has 2 nitrogen and oxygen atoms in total. The Morgan fingerprint density at radius 2 is 1.65 bits per heavy atom. The highest BCUT2D eigenvalue weighted by Gasteiger charge is 2.07. The first-order valence-corrected chi connectivity index (χ1v) is 8.10. The molecule has 0 saturated carbocycles. The number of halogens is 1. The number of hydrogen-bond acceptors (Lipinski definition) is 2. The van der Waals surface area contributed by atoms with Crippen LogP contribution in [0.25, 0.3) is 0 Å². The maximum atomic E-state index is 5.68. The SMILES string of the molecule is NNC(CCCc1ccccc1)Cc1ccc(I)cc1. The zero-order valence-corrected chi connectivity index (χ0v) is 13.7. The molecule has 0 aliphatic rings. The lowest BCUT2D eigenvalue weighted by Gasteiger charge is -2.16. The molecule has 0 aromatic heterocycles. The molecular formula is C17H21IN2. The quantitative estimate of drug-likeness (QED) is 0.437. The smallest absolute Gasteiger partial charge is 0.0251 e. The highest BCUT2D eigenvalue weighted by molar-refractivity contribution is 14.1. The first kappa shape index (κ1) is 15.5. The second kappa shape index (κ2) is 8.39. The zero-order chi connectivity index (χ0) is 14.2. The summed E-state index contributed by atoms with van der Waals surface area (Å²) in [5.74, 6) is 5.68. The van der Waals surface area contributed by atoms with Gasteiger partial charge in [0.15, 0.2) is 0 Å². The minimum Gasteiger partial charge on any atom is -0.271 e. The van der Waals surface area contributed by atoms with Gasteiger partial charge < -0.3 is 0 Å². The molecule has 106 valence electrons. The second-order valence-corrected chi connectivity index (χ2v) is 6.32. The minimum absolute atomic E-state index is 0.346. The standard InChI is InChI=1S/C17H21IN2/c18-16-11-9-15(10-12-16)13-17(20-19)8-4-7-14-5-2-1-3-6-14/h1-3,5-6,9-12,17,20H,4,7-8,13,19H2. The third kappa shape index (κ3) is 5.23. The maximum Gasteiger partial charge on any atom is 0.0251 e. The van der Waals surface area contributed by atoms with E-state index in [4.69, 9.17) is 5.84 Å². The number of rotatable bonds is 7. The first-order valence-electron chi connectivity index (χ1n) is 7.02. The van der Waals surface area contributed by atoms with Gasteiger partial charge in [0, 0.05) is 9.61 Å². The number of nitrogens with two attached hydrogens (primary N) is 1. The van der Waals surface area contributed by atoms with Crippen molar-refractivity contribution in [2.24, 2.45) is 5.84 Å². The highest BCUT2D eigenvalue weighted by atomic mass is 127. The van der Waals surface area contributed by atoms with Crippen molar-refractivity contribution < 1.29 is 0 Å². The Morgan fingerprint density at radius 1 is 0.950 bits per heavy atom. The van der Waals surface area contributed by atoms with Crippen LogP contribution >= 0.6 is 22.6 Å². The highest BCUT2D eigenvalue weighted by Crippen LogP contribution is 2.12. The molecule has 2 aromatic rings. The fourth-order valence-electron chi connectivity index (χ4n) is 2.35. The van der Waals surface area contributed by atoms with E-state index in [9.17, 15) is 0 Å². The van der Waals surface area contributed by atoms with E-state index < -0.39 is 0 Å². The fourth-order valence-corrected chi connectivity index (χ4v) is 2.71. The lowest BCUT2D eigenvalue weighted by atomic mass is 9.99. The van der Waals surface area contributed by atoms with Crippen LogP contribution in [0.5, 0.6) is 0 Å². The van der Waals surface area contributed by atoms with Gasteiger partial charge in [-0.25, -0.2) is 0 Å². The largest absolute Gasteiger partial charge is 0.271 e. The topological polar surface area (TPSA) is 38.0 Å². The van der Waals surface area contributed by atoms with E-state index in [-0.39, 0.29) is 0 Å². The molecule has 0 aliphatic carbocycles. The van der Waals surface area contributed by atoms with Crippen LogP contribution < -0.4 is 11.3 Å². The summed E-state index contributed by atoms with van der Waals surface area (Å²) in [4.78, 5) is 0. The van der Waals surface area contributed by atoms with E-state index in [2.05, 4.69) is 82.6 Å². The number of hydrogen-bond donors (Lipinski definition) is 2. The Hall–Kier alpha value is -0.910. The van der Waals surface area contributed by atoms with Crippen molar-refractivity contribution in [1.29, 1.82) is 0 Å². The molecule has 0 amide bonds. The van der Waals surface area contributed by atoms with Gasteiger partial charge in [-0.2, -0.15) is 0 Å². The summed E-state index contributed by atoms with van der Waals surface area (Å²) in [5.41, 5.74) is 5.69. The van der Waals surface area contributed by atoms with Gasteiger partial charge in [0.25, 0.3) is 0 Å². The van der Waals surface area contributed by atoms with Gasteiger partial charge >= 0.3 is 0 Å². The van der Waals surface area contributed by atoms with E-state index in [1.165, 1.54) is 14.7 Å². The molecule has 0 spiro atoms. The summed E-state index contributed by atoms with van der Waals surface area (Å²) in [6, 6.07) is 19.6. The Labute approximate surface area is 134 Å². The maximum absolute atomic E-state index is 5.68. The predicted octanol–water partition coefficient (Wildman–Crippen LogP) is 3.69. The van der Waals surface area contributed by atoms with E-state index in [0.29, 0.717) is 6.04 Å². The van der Waals surface area contributed by atoms with Crippen molar-refractivity contribution in [3.8, 4) is 0 Å². The van der Waals surface area contributed by atoms with Gasteiger partial charge in [0.05, 0.1) is 0 Å². The van der Waals surface area contributed by atoms with Gasteiger partial charge in [-0.1, -0.05) is 42.5 Å².